The van der Waals surface area contributed by atoms with Crippen LogP contribution in [0.3, 0.4) is 0 Å². The fourth-order valence-electron chi connectivity index (χ4n) is 2.71. The Balaban J connectivity index is 5.36. The van der Waals surface area contributed by atoms with Gasteiger partial charge in [-0.05, 0) is 31.1 Å². The van der Waals surface area contributed by atoms with E-state index in [2.05, 4.69) is 83.2 Å². The molecule has 0 amide bonds. The van der Waals surface area contributed by atoms with Crippen LogP contribution in [0.2, 0.25) is 0 Å². The first kappa shape index (κ1) is 17.9. The third-order valence-electron chi connectivity index (χ3n) is 3.07. The summed E-state index contributed by atoms with van der Waals surface area (Å²) in [5.41, 5.74) is 2.44. The van der Waals surface area contributed by atoms with Crippen LogP contribution in [0.15, 0.2) is 11.8 Å². The van der Waals surface area contributed by atoms with Gasteiger partial charge in [-0.1, -0.05) is 67.2 Å². The van der Waals surface area contributed by atoms with Crippen LogP contribution in [0.25, 0.3) is 0 Å². The van der Waals surface area contributed by atoms with Crippen molar-refractivity contribution in [2.45, 2.75) is 86.5 Å². The Bertz CT molecular complexity index is 211. The lowest BCUT2D eigenvalue weighted by Crippen LogP contribution is -2.60. The number of hydrogen-bond donors (Lipinski definition) is 0. The summed E-state index contributed by atoms with van der Waals surface area (Å²) < 4.78 is 5.37. The molecule has 0 aliphatic heterocycles. The van der Waals surface area contributed by atoms with Gasteiger partial charge < -0.3 is 9.13 Å². The smallest absolute Gasteiger partial charge is 0.259 e. The van der Waals surface area contributed by atoms with Crippen molar-refractivity contribution in [2.24, 2.45) is 0 Å². The van der Waals surface area contributed by atoms with Crippen LogP contribution >= 0.6 is 0 Å². The largest absolute Gasteiger partial charge is 0.304 e. The van der Waals surface area contributed by atoms with E-state index < -0.39 is 9.12 Å². The summed E-state index contributed by atoms with van der Waals surface area (Å²) in [5.74, 6) is 0. The maximum atomic E-state index is 2.69. The predicted octanol–water partition coefficient (Wildman–Crippen LogP) is 3.83. The zero-order valence-electron chi connectivity index (χ0n) is 13.9. The van der Waals surface area contributed by atoms with E-state index in [4.69, 9.17) is 0 Å². The van der Waals surface area contributed by atoms with Crippen LogP contribution in [-0.4, -0.2) is 42.4 Å². The van der Waals surface area contributed by atoms with E-state index in [1.165, 1.54) is 0 Å². The molecule has 0 spiro atoms. The van der Waals surface area contributed by atoms with Gasteiger partial charge in [-0.25, -0.2) is 0 Å². The highest BCUT2D eigenvalue weighted by atomic mass is 28.3. The van der Waals surface area contributed by atoms with Gasteiger partial charge in [-0.3, -0.25) is 0 Å². The first-order valence-electron chi connectivity index (χ1n) is 7.30. The Hall–Kier alpha value is -0.123. The van der Waals surface area contributed by atoms with Crippen molar-refractivity contribution in [3.63, 3.8) is 0 Å². The van der Waals surface area contributed by atoms with E-state index in [1.807, 2.05) is 0 Å². The molecule has 107 valence electrons. The number of allylic oxidation sites excluding steroid dienone is 1. The van der Waals surface area contributed by atoms with Crippen LogP contribution in [0.5, 0.6) is 0 Å². The summed E-state index contributed by atoms with van der Waals surface area (Å²) in [5, 5.41) is 0. The van der Waals surface area contributed by atoms with Crippen LogP contribution in [-0.2, 0) is 0 Å². The molecular weight excluding hydrogens is 236 g/mol. The first-order valence-corrected chi connectivity index (χ1v) is 8.77. The molecule has 0 unspecified atom stereocenters. The number of rotatable bonds is 7. The zero-order chi connectivity index (χ0) is 14.5. The van der Waals surface area contributed by atoms with E-state index in [1.54, 1.807) is 0 Å². The van der Waals surface area contributed by atoms with Gasteiger partial charge in [0.2, 0.25) is 0 Å². The Morgan fingerprint density at radius 3 is 1.11 bits per heavy atom. The summed E-state index contributed by atoms with van der Waals surface area (Å²) in [7, 11) is -0.784. The lowest BCUT2D eigenvalue weighted by atomic mass is 10.3. The predicted molar refractivity (Wildman–Crippen MR) is 84.8 cm³/mol. The van der Waals surface area contributed by atoms with Crippen molar-refractivity contribution < 1.29 is 0 Å². The summed E-state index contributed by atoms with van der Waals surface area (Å²) >= 11 is 0. The second-order valence-corrected chi connectivity index (χ2v) is 8.13. The topological polar surface area (TPSA) is 6.48 Å². The third-order valence-corrected chi connectivity index (χ3v) is 6.83. The molecule has 0 aliphatic rings. The van der Waals surface area contributed by atoms with Gasteiger partial charge in [0.15, 0.2) is 0 Å². The van der Waals surface area contributed by atoms with E-state index in [0.29, 0.717) is 24.2 Å². The van der Waals surface area contributed by atoms with Gasteiger partial charge in [0.25, 0.3) is 9.12 Å². The molecule has 0 fully saturated rings. The van der Waals surface area contributed by atoms with Crippen LogP contribution < -0.4 is 0 Å². The molecule has 0 bridgehead atoms. The highest BCUT2D eigenvalue weighted by molar-refractivity contribution is 6.58. The number of nitrogens with zero attached hydrogens (tertiary/aromatic N) is 2. The Morgan fingerprint density at radius 2 is 0.944 bits per heavy atom. The van der Waals surface area contributed by atoms with E-state index in [0.717, 1.165) is 0 Å². The molecule has 0 saturated carbocycles. The Morgan fingerprint density at radius 1 is 0.667 bits per heavy atom. The molecule has 0 N–H and O–H groups in total. The fraction of sp³-hybridized carbons (Fsp3) is 0.867. The lowest BCUT2D eigenvalue weighted by Gasteiger charge is -2.44. The fourth-order valence-corrected chi connectivity index (χ4v) is 5.73. The molecule has 18 heavy (non-hydrogen) atoms. The van der Waals surface area contributed by atoms with Crippen molar-refractivity contribution in [2.75, 3.05) is 0 Å². The average Bonchev–Trinajstić information content (AvgIpc) is 2.14. The molecule has 0 rings (SSSR count). The van der Waals surface area contributed by atoms with Gasteiger partial charge in [0.1, 0.15) is 0 Å². The molecule has 0 atom stereocenters. The average molecular weight is 270 g/mol. The molecule has 2 nitrogen and oxygen atoms in total. The van der Waals surface area contributed by atoms with Gasteiger partial charge >= 0.3 is 0 Å². The molecule has 0 aromatic carbocycles. The molecule has 3 heteroatoms. The van der Waals surface area contributed by atoms with E-state index >= 15 is 0 Å². The van der Waals surface area contributed by atoms with Gasteiger partial charge in [0.05, 0.1) is 0 Å². The molecule has 1 radical (unpaired) electrons. The van der Waals surface area contributed by atoms with Gasteiger partial charge in [0, 0.05) is 0 Å². The van der Waals surface area contributed by atoms with Gasteiger partial charge in [-0.2, -0.15) is 0 Å². The van der Waals surface area contributed by atoms with Crippen LogP contribution in [0.4, 0.5) is 0 Å². The number of hydrogen-bond acceptors (Lipinski definition) is 2. The molecule has 0 saturated heterocycles. The molecule has 0 heterocycles. The highest BCUT2D eigenvalue weighted by Crippen LogP contribution is 2.17. The normalized spacial score (nSPS) is 13.8. The summed E-state index contributed by atoms with van der Waals surface area (Å²) in [6, 6.07) is 2.37. The third kappa shape index (κ3) is 4.86. The van der Waals surface area contributed by atoms with Crippen LogP contribution in [0.1, 0.15) is 62.3 Å². The second-order valence-electron chi connectivity index (χ2n) is 6.05. The molecule has 0 aliphatic carbocycles. The zero-order valence-corrected chi connectivity index (χ0v) is 14.9. The minimum absolute atomic E-state index is 0.593. The van der Waals surface area contributed by atoms with Crippen LogP contribution in [0, 0.1) is 0 Å². The summed E-state index contributed by atoms with van der Waals surface area (Å²) in [6.07, 6.45) is 2.23. The molecule has 0 aromatic heterocycles. The summed E-state index contributed by atoms with van der Waals surface area (Å²) in [4.78, 5) is 0. The van der Waals surface area contributed by atoms with Crippen molar-refractivity contribution in [3.8, 4) is 0 Å². The molecule has 0 aromatic rings. The lowest BCUT2D eigenvalue weighted by molar-refractivity contribution is 0.227. The van der Waals surface area contributed by atoms with Crippen molar-refractivity contribution in [3.05, 3.63) is 11.8 Å². The van der Waals surface area contributed by atoms with Gasteiger partial charge in [-0.15, -0.1) is 0 Å². The standard InChI is InChI=1S/C15H33N2Si/c1-10-11-18(16(12(2)3)13(4)5)17(14(6)7)15(8)9/h10-15H,1-9H3. The van der Waals surface area contributed by atoms with Crippen molar-refractivity contribution >= 4 is 9.12 Å². The maximum Gasteiger partial charge on any atom is 0.259 e. The van der Waals surface area contributed by atoms with E-state index in [-0.39, 0.29) is 0 Å². The maximum absolute atomic E-state index is 2.69. The highest BCUT2D eigenvalue weighted by Gasteiger charge is 2.32. The monoisotopic (exact) mass is 269 g/mol. The Kier molecular flexibility index (Phi) is 8.07. The second kappa shape index (κ2) is 8.13. The van der Waals surface area contributed by atoms with Crippen molar-refractivity contribution in [1.82, 2.24) is 9.13 Å². The minimum atomic E-state index is -0.784. The quantitative estimate of drug-likeness (QED) is 0.648. The molecular formula is C15H33N2Si. The van der Waals surface area contributed by atoms with Crippen molar-refractivity contribution in [1.29, 1.82) is 0 Å². The Labute approximate surface area is 117 Å². The first-order chi connectivity index (χ1) is 8.23. The SMILES string of the molecule is CC=C[Si](N(C(C)C)C(C)C)N(C(C)C)C(C)C. The van der Waals surface area contributed by atoms with E-state index in [9.17, 15) is 0 Å². The minimum Gasteiger partial charge on any atom is -0.304 e. The summed E-state index contributed by atoms with van der Waals surface area (Å²) in [6.45, 7) is 20.6.